The highest BCUT2D eigenvalue weighted by atomic mass is 16.4. The minimum absolute atomic E-state index is 0.468. The van der Waals surface area contributed by atoms with Gasteiger partial charge in [-0.2, -0.15) is 0 Å². The molecule has 0 aliphatic rings. The molecule has 106 valence electrons. The zero-order chi connectivity index (χ0) is 15.1. The summed E-state index contributed by atoms with van der Waals surface area (Å²) < 4.78 is 5.83. The average molecular weight is 289 g/mol. The lowest BCUT2D eigenvalue weighted by atomic mass is 9.76. The first kappa shape index (κ1) is 13.1. The van der Waals surface area contributed by atoms with E-state index in [2.05, 4.69) is 4.98 Å². The molecule has 4 aromatic rings. The zero-order valence-electron chi connectivity index (χ0n) is 11.6. The van der Waals surface area contributed by atoms with Gasteiger partial charge in [0.05, 0.1) is 0 Å². The quantitative estimate of drug-likeness (QED) is 0.556. The van der Waals surface area contributed by atoms with E-state index in [-0.39, 0.29) is 0 Å². The van der Waals surface area contributed by atoms with Gasteiger partial charge in [0.1, 0.15) is 5.52 Å². The van der Waals surface area contributed by atoms with Gasteiger partial charge in [-0.1, -0.05) is 42.5 Å². The molecule has 0 amide bonds. The van der Waals surface area contributed by atoms with Gasteiger partial charge in [0.2, 0.25) is 5.89 Å². The van der Waals surface area contributed by atoms with Crippen molar-refractivity contribution in [3.63, 3.8) is 0 Å². The summed E-state index contributed by atoms with van der Waals surface area (Å²) in [7, 11) is -1.51. The van der Waals surface area contributed by atoms with E-state index in [0.717, 1.165) is 27.4 Å². The fourth-order valence-electron chi connectivity index (χ4n) is 2.72. The fourth-order valence-corrected chi connectivity index (χ4v) is 2.72. The number of nitrogens with zero attached hydrogens (tertiary/aromatic N) is 1. The second kappa shape index (κ2) is 4.98. The summed E-state index contributed by atoms with van der Waals surface area (Å²) in [5.41, 5.74) is 2.83. The Kier molecular flexibility index (Phi) is 2.96. The van der Waals surface area contributed by atoms with Crippen LogP contribution < -0.4 is 5.46 Å². The Hall–Kier alpha value is -2.63. The Bertz CT molecular complexity index is 945. The number of fused-ring (bicyclic) bond motifs is 2. The smallest absolute Gasteiger partial charge is 0.436 e. The summed E-state index contributed by atoms with van der Waals surface area (Å²) in [5, 5.41) is 20.7. The van der Waals surface area contributed by atoms with Crippen LogP contribution in [0.3, 0.4) is 0 Å². The molecule has 4 nitrogen and oxygen atoms in total. The number of rotatable bonds is 2. The molecular formula is C17H12BNO3. The molecule has 1 heterocycles. The van der Waals surface area contributed by atoms with Gasteiger partial charge in [0.15, 0.2) is 5.58 Å². The Morgan fingerprint density at radius 1 is 0.818 bits per heavy atom. The molecule has 2 N–H and O–H groups in total. The van der Waals surface area contributed by atoms with Crippen LogP contribution in [0.4, 0.5) is 0 Å². The Balaban J connectivity index is 2.01. The standard InChI is InChI=1S/C17H12BNO3/c20-18(21)14-10-9-13(11-5-1-2-6-12(11)14)17-19-15-7-3-4-8-16(15)22-17/h1-10,20-21H. The summed E-state index contributed by atoms with van der Waals surface area (Å²) in [6.07, 6.45) is 0. The van der Waals surface area contributed by atoms with E-state index in [4.69, 9.17) is 4.42 Å². The number of para-hydroxylation sites is 2. The van der Waals surface area contributed by atoms with Crippen molar-refractivity contribution in [3.8, 4) is 11.5 Å². The molecule has 1 aromatic heterocycles. The molecule has 0 saturated heterocycles. The summed E-state index contributed by atoms with van der Waals surface area (Å²) in [5.74, 6) is 0.524. The molecule has 0 aliphatic heterocycles. The number of hydrogen-bond donors (Lipinski definition) is 2. The normalized spacial score (nSPS) is 11.2. The minimum atomic E-state index is -1.51. The average Bonchev–Trinajstić information content (AvgIpc) is 2.97. The first-order chi connectivity index (χ1) is 10.7. The second-order valence-electron chi connectivity index (χ2n) is 5.11. The van der Waals surface area contributed by atoms with Crippen LogP contribution in [0.5, 0.6) is 0 Å². The van der Waals surface area contributed by atoms with Crippen LogP contribution in [-0.2, 0) is 0 Å². The fraction of sp³-hybridized carbons (Fsp3) is 0. The molecule has 0 bridgehead atoms. The minimum Gasteiger partial charge on any atom is -0.436 e. The second-order valence-corrected chi connectivity index (χ2v) is 5.11. The van der Waals surface area contributed by atoms with Crippen LogP contribution in [0, 0.1) is 0 Å². The largest absolute Gasteiger partial charge is 0.489 e. The highest BCUT2D eigenvalue weighted by molar-refractivity contribution is 6.62. The molecule has 0 atom stereocenters. The summed E-state index contributed by atoms with van der Waals surface area (Å²) in [6, 6.07) is 18.6. The van der Waals surface area contributed by atoms with E-state index in [0.29, 0.717) is 11.4 Å². The van der Waals surface area contributed by atoms with Crippen molar-refractivity contribution in [1.82, 2.24) is 4.98 Å². The highest BCUT2D eigenvalue weighted by Crippen LogP contribution is 2.29. The lowest BCUT2D eigenvalue weighted by Crippen LogP contribution is -2.30. The molecule has 0 saturated carbocycles. The van der Waals surface area contributed by atoms with Crippen molar-refractivity contribution in [2.45, 2.75) is 0 Å². The van der Waals surface area contributed by atoms with E-state index in [9.17, 15) is 10.0 Å². The van der Waals surface area contributed by atoms with Gasteiger partial charge < -0.3 is 14.5 Å². The number of oxazole rings is 1. The Morgan fingerprint density at radius 3 is 2.32 bits per heavy atom. The van der Waals surface area contributed by atoms with Crippen molar-refractivity contribution < 1.29 is 14.5 Å². The van der Waals surface area contributed by atoms with Crippen LogP contribution >= 0.6 is 0 Å². The van der Waals surface area contributed by atoms with Gasteiger partial charge >= 0.3 is 7.12 Å². The van der Waals surface area contributed by atoms with Gasteiger partial charge in [0, 0.05) is 5.56 Å². The molecule has 0 fully saturated rings. The third-order valence-electron chi connectivity index (χ3n) is 3.76. The maximum absolute atomic E-state index is 9.51. The van der Waals surface area contributed by atoms with Crippen LogP contribution in [0.1, 0.15) is 0 Å². The molecule has 0 spiro atoms. The van der Waals surface area contributed by atoms with Crippen molar-refractivity contribution in [3.05, 3.63) is 60.7 Å². The van der Waals surface area contributed by atoms with Gasteiger partial charge in [-0.3, -0.25) is 0 Å². The molecule has 4 rings (SSSR count). The number of benzene rings is 3. The molecule has 22 heavy (non-hydrogen) atoms. The van der Waals surface area contributed by atoms with E-state index in [1.54, 1.807) is 6.07 Å². The lowest BCUT2D eigenvalue weighted by molar-refractivity contribution is 0.426. The van der Waals surface area contributed by atoms with Crippen molar-refractivity contribution in [1.29, 1.82) is 0 Å². The topological polar surface area (TPSA) is 66.5 Å². The van der Waals surface area contributed by atoms with Crippen molar-refractivity contribution in [2.75, 3.05) is 0 Å². The van der Waals surface area contributed by atoms with Gasteiger partial charge in [-0.15, -0.1) is 0 Å². The third-order valence-corrected chi connectivity index (χ3v) is 3.76. The summed E-state index contributed by atoms with van der Waals surface area (Å²) >= 11 is 0. The van der Waals surface area contributed by atoms with E-state index in [1.165, 1.54) is 0 Å². The van der Waals surface area contributed by atoms with E-state index < -0.39 is 7.12 Å². The van der Waals surface area contributed by atoms with Gasteiger partial charge in [-0.05, 0) is 34.4 Å². The predicted molar refractivity (Wildman–Crippen MR) is 86.8 cm³/mol. The first-order valence-electron chi connectivity index (χ1n) is 6.98. The van der Waals surface area contributed by atoms with E-state index in [1.807, 2.05) is 54.6 Å². The molecule has 5 heteroatoms. The third kappa shape index (κ3) is 1.99. The summed E-state index contributed by atoms with van der Waals surface area (Å²) in [6.45, 7) is 0. The van der Waals surface area contributed by atoms with Crippen LogP contribution in [0.25, 0.3) is 33.3 Å². The number of aromatic nitrogens is 1. The molecule has 0 radical (unpaired) electrons. The van der Waals surface area contributed by atoms with Crippen LogP contribution in [0.15, 0.2) is 65.1 Å². The molecular weight excluding hydrogens is 277 g/mol. The SMILES string of the molecule is OB(O)c1ccc(-c2nc3ccccc3o2)c2ccccc12. The van der Waals surface area contributed by atoms with Crippen molar-refractivity contribution in [2.24, 2.45) is 0 Å². The maximum atomic E-state index is 9.51. The monoisotopic (exact) mass is 289 g/mol. The van der Waals surface area contributed by atoms with Gasteiger partial charge in [-0.25, -0.2) is 4.98 Å². The number of hydrogen-bond acceptors (Lipinski definition) is 4. The van der Waals surface area contributed by atoms with Crippen LogP contribution in [-0.4, -0.2) is 22.2 Å². The maximum Gasteiger partial charge on any atom is 0.489 e. The first-order valence-corrected chi connectivity index (χ1v) is 6.98. The Labute approximate surface area is 126 Å². The molecule has 3 aromatic carbocycles. The Morgan fingerprint density at radius 2 is 1.55 bits per heavy atom. The zero-order valence-corrected chi connectivity index (χ0v) is 11.6. The van der Waals surface area contributed by atoms with E-state index >= 15 is 0 Å². The lowest BCUT2D eigenvalue weighted by Gasteiger charge is -2.08. The van der Waals surface area contributed by atoms with Crippen LogP contribution in [0.2, 0.25) is 0 Å². The van der Waals surface area contributed by atoms with Crippen molar-refractivity contribution >= 4 is 34.5 Å². The van der Waals surface area contributed by atoms with Gasteiger partial charge in [0.25, 0.3) is 0 Å². The highest BCUT2D eigenvalue weighted by Gasteiger charge is 2.18. The summed E-state index contributed by atoms with van der Waals surface area (Å²) in [4.78, 5) is 4.52. The predicted octanol–water partition coefficient (Wildman–Crippen LogP) is 2.33. The molecule has 0 unspecified atom stereocenters. The molecule has 0 aliphatic carbocycles.